The molecule has 0 unspecified atom stereocenters. The number of amides is 1. The molecule has 1 aliphatic rings. The minimum Gasteiger partial charge on any atom is -0.371 e. The van der Waals surface area contributed by atoms with E-state index in [0.29, 0.717) is 6.54 Å². The summed E-state index contributed by atoms with van der Waals surface area (Å²) in [5.41, 5.74) is 3.85. The van der Waals surface area contributed by atoms with Gasteiger partial charge in [0, 0.05) is 25.3 Å². The van der Waals surface area contributed by atoms with Crippen LogP contribution >= 0.6 is 0 Å². The molecule has 1 N–H and O–H groups in total. The van der Waals surface area contributed by atoms with Crippen molar-refractivity contribution >= 4 is 11.6 Å². The van der Waals surface area contributed by atoms with Crippen LogP contribution in [0.5, 0.6) is 0 Å². The van der Waals surface area contributed by atoms with Gasteiger partial charge in [-0.25, -0.2) is 0 Å². The van der Waals surface area contributed by atoms with Gasteiger partial charge in [0.05, 0.1) is 0 Å². The second-order valence-corrected chi connectivity index (χ2v) is 4.35. The van der Waals surface area contributed by atoms with Crippen molar-refractivity contribution in [2.45, 2.75) is 26.8 Å². The van der Waals surface area contributed by atoms with Crippen molar-refractivity contribution < 1.29 is 4.79 Å². The molecule has 1 heterocycles. The zero-order valence-corrected chi connectivity index (χ0v) is 10.9. The molecule has 2 rings (SSSR count). The Morgan fingerprint density at radius 2 is 2.33 bits per heavy atom. The first-order valence-corrected chi connectivity index (χ1v) is 6.32. The first-order valence-electron chi connectivity index (χ1n) is 6.32. The Morgan fingerprint density at radius 1 is 1.50 bits per heavy atom. The van der Waals surface area contributed by atoms with Crippen LogP contribution < -0.4 is 10.2 Å². The van der Waals surface area contributed by atoms with Crippen LogP contribution in [0.4, 0.5) is 5.69 Å². The summed E-state index contributed by atoms with van der Waals surface area (Å²) in [7, 11) is 0. The molecule has 0 aromatic heterocycles. The number of fused-ring (bicyclic) bond motifs is 1. The Labute approximate surface area is 108 Å². The molecular formula is C15H18N2O. The molecule has 0 saturated carbocycles. The lowest BCUT2D eigenvalue weighted by Crippen LogP contribution is -2.21. The quantitative estimate of drug-likeness (QED) is 0.818. The van der Waals surface area contributed by atoms with Crippen molar-refractivity contribution in [3.63, 3.8) is 0 Å². The molecule has 0 bridgehead atoms. The van der Waals surface area contributed by atoms with Gasteiger partial charge in [0.15, 0.2) is 0 Å². The number of hydrogen-bond acceptors (Lipinski definition) is 2. The third-order valence-electron chi connectivity index (χ3n) is 3.21. The lowest BCUT2D eigenvalue weighted by molar-refractivity contribution is -0.115. The highest BCUT2D eigenvalue weighted by Gasteiger charge is 2.17. The predicted octanol–water partition coefficient (Wildman–Crippen LogP) is 1.71. The lowest BCUT2D eigenvalue weighted by Gasteiger charge is -2.16. The third kappa shape index (κ3) is 2.65. The van der Waals surface area contributed by atoms with E-state index in [4.69, 9.17) is 0 Å². The molecule has 0 fully saturated rings. The molecule has 0 radical (unpaired) electrons. The van der Waals surface area contributed by atoms with Crippen molar-refractivity contribution in [3.8, 4) is 11.8 Å². The molecule has 1 aromatic rings. The van der Waals surface area contributed by atoms with Crippen molar-refractivity contribution in [1.29, 1.82) is 0 Å². The summed E-state index contributed by atoms with van der Waals surface area (Å²) in [5.74, 6) is 4.85. The summed E-state index contributed by atoms with van der Waals surface area (Å²) in [5, 5.41) is 2.79. The number of anilines is 1. The summed E-state index contributed by atoms with van der Waals surface area (Å²) in [4.78, 5) is 13.6. The van der Waals surface area contributed by atoms with Gasteiger partial charge in [0.2, 0.25) is 0 Å². The zero-order chi connectivity index (χ0) is 13.0. The van der Waals surface area contributed by atoms with Crippen LogP contribution in [0.2, 0.25) is 0 Å². The van der Waals surface area contributed by atoms with Gasteiger partial charge in [-0.05, 0) is 43.4 Å². The van der Waals surface area contributed by atoms with Crippen molar-refractivity contribution in [2.75, 3.05) is 18.0 Å². The van der Waals surface area contributed by atoms with Gasteiger partial charge in [-0.2, -0.15) is 0 Å². The Kier molecular flexibility index (Phi) is 3.88. The fourth-order valence-electron chi connectivity index (χ4n) is 2.30. The molecule has 3 heteroatoms. The first kappa shape index (κ1) is 12.5. The maximum absolute atomic E-state index is 11.3. The number of likely N-dealkylation sites (N-methyl/N-ethyl adjacent to an activating group) is 1. The Morgan fingerprint density at radius 3 is 3.06 bits per heavy atom. The smallest absolute Gasteiger partial charge is 0.296 e. The van der Waals surface area contributed by atoms with E-state index in [9.17, 15) is 4.79 Å². The van der Waals surface area contributed by atoms with Gasteiger partial charge in [-0.3, -0.25) is 4.79 Å². The normalized spacial score (nSPS) is 12.7. The molecule has 1 amide bonds. The maximum Gasteiger partial charge on any atom is 0.296 e. The van der Waals surface area contributed by atoms with E-state index >= 15 is 0 Å². The van der Waals surface area contributed by atoms with E-state index in [1.807, 2.05) is 0 Å². The highest BCUT2D eigenvalue weighted by atomic mass is 16.1. The average Bonchev–Trinajstić information content (AvgIpc) is 2.79. The van der Waals surface area contributed by atoms with Crippen LogP contribution in [0, 0.1) is 11.8 Å². The van der Waals surface area contributed by atoms with Gasteiger partial charge in [0.25, 0.3) is 5.91 Å². The van der Waals surface area contributed by atoms with Crippen LogP contribution in [0.25, 0.3) is 0 Å². The minimum absolute atomic E-state index is 0.215. The van der Waals surface area contributed by atoms with E-state index in [0.717, 1.165) is 25.1 Å². The minimum atomic E-state index is -0.215. The maximum atomic E-state index is 11.3. The number of rotatable bonds is 3. The van der Waals surface area contributed by atoms with Crippen LogP contribution in [0.3, 0.4) is 0 Å². The second kappa shape index (κ2) is 5.59. The molecule has 0 atom stereocenters. The van der Waals surface area contributed by atoms with Crippen molar-refractivity contribution in [2.24, 2.45) is 0 Å². The number of nitrogens with zero attached hydrogens (tertiary/aromatic N) is 1. The molecule has 1 aliphatic heterocycles. The largest absolute Gasteiger partial charge is 0.371 e. The summed E-state index contributed by atoms with van der Waals surface area (Å²) >= 11 is 0. The van der Waals surface area contributed by atoms with Gasteiger partial charge >= 0.3 is 0 Å². The van der Waals surface area contributed by atoms with Crippen molar-refractivity contribution in [3.05, 3.63) is 29.3 Å². The Balaban J connectivity index is 2.03. The van der Waals surface area contributed by atoms with Crippen LogP contribution in [0.15, 0.2) is 18.2 Å². The standard InChI is InChI=1S/C15H18N2O/c1-3-5-15(18)16-11-12-6-7-14-13(10-12)8-9-17(14)4-2/h6-7,10H,4,8-9,11H2,1-2H3,(H,16,18). The molecule has 0 saturated heterocycles. The monoisotopic (exact) mass is 242 g/mol. The lowest BCUT2D eigenvalue weighted by atomic mass is 10.1. The highest BCUT2D eigenvalue weighted by molar-refractivity contribution is 5.93. The van der Waals surface area contributed by atoms with Crippen LogP contribution in [-0.2, 0) is 17.8 Å². The summed E-state index contributed by atoms with van der Waals surface area (Å²) in [6.45, 7) is 6.53. The molecular weight excluding hydrogens is 224 g/mol. The van der Waals surface area contributed by atoms with Gasteiger partial charge in [-0.1, -0.05) is 18.1 Å². The summed E-state index contributed by atoms with van der Waals surface area (Å²) in [6.07, 6.45) is 1.10. The fourth-order valence-corrected chi connectivity index (χ4v) is 2.30. The van der Waals surface area contributed by atoms with E-state index in [2.05, 4.69) is 47.2 Å². The van der Waals surface area contributed by atoms with Gasteiger partial charge < -0.3 is 10.2 Å². The Bertz CT molecular complexity index is 511. The topological polar surface area (TPSA) is 32.3 Å². The SMILES string of the molecule is CC#CC(=O)NCc1ccc2c(c1)CCN2CC. The molecule has 0 spiro atoms. The van der Waals surface area contributed by atoms with Crippen molar-refractivity contribution in [1.82, 2.24) is 5.32 Å². The van der Waals surface area contributed by atoms with Gasteiger partial charge in [-0.15, -0.1) is 0 Å². The summed E-state index contributed by atoms with van der Waals surface area (Å²) in [6, 6.07) is 6.41. The second-order valence-electron chi connectivity index (χ2n) is 4.35. The van der Waals surface area contributed by atoms with E-state index in [1.54, 1.807) is 6.92 Å². The number of nitrogens with one attached hydrogen (secondary N) is 1. The zero-order valence-electron chi connectivity index (χ0n) is 10.9. The predicted molar refractivity (Wildman–Crippen MR) is 73.3 cm³/mol. The number of hydrogen-bond donors (Lipinski definition) is 1. The third-order valence-corrected chi connectivity index (χ3v) is 3.21. The van der Waals surface area contributed by atoms with E-state index in [1.165, 1.54) is 11.3 Å². The molecule has 18 heavy (non-hydrogen) atoms. The fraction of sp³-hybridized carbons (Fsp3) is 0.400. The molecule has 94 valence electrons. The highest BCUT2D eigenvalue weighted by Crippen LogP contribution is 2.28. The Hall–Kier alpha value is -1.95. The van der Waals surface area contributed by atoms with Crippen LogP contribution in [-0.4, -0.2) is 19.0 Å². The number of carbonyl (C=O) groups excluding carboxylic acids is 1. The molecule has 0 aliphatic carbocycles. The number of benzene rings is 1. The van der Waals surface area contributed by atoms with E-state index in [-0.39, 0.29) is 5.91 Å². The van der Waals surface area contributed by atoms with E-state index < -0.39 is 0 Å². The van der Waals surface area contributed by atoms with Crippen LogP contribution in [0.1, 0.15) is 25.0 Å². The van der Waals surface area contributed by atoms with Gasteiger partial charge in [0.1, 0.15) is 0 Å². The molecule has 3 nitrogen and oxygen atoms in total. The summed E-state index contributed by atoms with van der Waals surface area (Å²) < 4.78 is 0. The number of carbonyl (C=O) groups is 1. The molecule has 1 aromatic carbocycles. The average molecular weight is 242 g/mol. The first-order chi connectivity index (χ1) is 8.74.